The molecular weight excluding hydrogens is 278 g/mol. The minimum absolute atomic E-state index is 0.00864. The van der Waals surface area contributed by atoms with Crippen molar-refractivity contribution in [2.75, 3.05) is 6.54 Å². The molecule has 6 nitrogen and oxygen atoms in total. The van der Waals surface area contributed by atoms with Gasteiger partial charge in [0.15, 0.2) is 0 Å². The predicted molar refractivity (Wildman–Crippen MR) is 82.3 cm³/mol. The second kappa shape index (κ2) is 5.29. The fourth-order valence-electron chi connectivity index (χ4n) is 3.19. The van der Waals surface area contributed by atoms with E-state index in [9.17, 15) is 4.79 Å². The lowest BCUT2D eigenvalue weighted by molar-refractivity contribution is 0.0600. The zero-order chi connectivity index (χ0) is 14.9. The molecule has 6 heteroatoms. The molecule has 0 radical (unpaired) electrons. The first-order chi connectivity index (χ1) is 10.8. The van der Waals surface area contributed by atoms with Crippen LogP contribution in [0.5, 0.6) is 0 Å². The maximum Gasteiger partial charge on any atom is 0.254 e. The van der Waals surface area contributed by atoms with Crippen molar-refractivity contribution in [3.63, 3.8) is 0 Å². The van der Waals surface area contributed by atoms with Gasteiger partial charge in [-0.3, -0.25) is 9.89 Å². The molecule has 4 rings (SSSR count). The molecule has 1 amide bonds. The first-order valence-corrected chi connectivity index (χ1v) is 7.56. The fraction of sp³-hybridized carbons (Fsp3) is 0.312. The fourth-order valence-corrected chi connectivity index (χ4v) is 3.19. The lowest BCUT2D eigenvalue weighted by Crippen LogP contribution is -2.39. The molecule has 0 saturated carbocycles. The first-order valence-electron chi connectivity index (χ1n) is 7.56. The van der Waals surface area contributed by atoms with E-state index in [-0.39, 0.29) is 11.9 Å². The number of benzene rings is 1. The van der Waals surface area contributed by atoms with E-state index in [2.05, 4.69) is 20.2 Å². The summed E-state index contributed by atoms with van der Waals surface area (Å²) in [4.78, 5) is 22.2. The Bertz CT molecular complexity index is 792. The highest BCUT2D eigenvalue weighted by Crippen LogP contribution is 2.30. The molecule has 1 atom stereocenters. The van der Waals surface area contributed by atoms with Crippen LogP contribution in [0.3, 0.4) is 0 Å². The molecule has 1 fully saturated rings. The molecular formula is C16H17N5O. The summed E-state index contributed by atoms with van der Waals surface area (Å²) in [5.41, 5.74) is 1.76. The smallest absolute Gasteiger partial charge is 0.254 e. The molecule has 1 aliphatic heterocycles. The number of aromatic amines is 2. The molecule has 112 valence electrons. The summed E-state index contributed by atoms with van der Waals surface area (Å²) in [5.74, 6) is 0.833. The second-order valence-corrected chi connectivity index (χ2v) is 5.66. The van der Waals surface area contributed by atoms with Gasteiger partial charge in [-0.05, 0) is 43.5 Å². The minimum Gasteiger partial charge on any atom is -0.361 e. The van der Waals surface area contributed by atoms with E-state index in [4.69, 9.17) is 0 Å². The van der Waals surface area contributed by atoms with Crippen LogP contribution in [0.4, 0.5) is 0 Å². The van der Waals surface area contributed by atoms with Crippen molar-refractivity contribution in [3.05, 3.63) is 48.2 Å². The highest BCUT2D eigenvalue weighted by molar-refractivity contribution is 5.98. The van der Waals surface area contributed by atoms with Crippen LogP contribution < -0.4 is 0 Å². The van der Waals surface area contributed by atoms with E-state index < -0.39 is 0 Å². The molecule has 1 aromatic carbocycles. The Hall–Kier alpha value is -2.63. The number of nitrogens with one attached hydrogen (secondary N) is 2. The van der Waals surface area contributed by atoms with Gasteiger partial charge in [0.1, 0.15) is 12.2 Å². The Labute approximate surface area is 127 Å². The molecule has 3 heterocycles. The van der Waals surface area contributed by atoms with E-state index in [1.807, 2.05) is 35.4 Å². The number of hydrogen-bond acceptors (Lipinski definition) is 3. The van der Waals surface area contributed by atoms with Gasteiger partial charge in [0.2, 0.25) is 0 Å². The third kappa shape index (κ3) is 2.16. The quantitative estimate of drug-likeness (QED) is 0.763. The maximum atomic E-state index is 12.9. The van der Waals surface area contributed by atoms with Crippen molar-refractivity contribution in [2.45, 2.75) is 25.3 Å². The number of H-pyrrole nitrogens is 2. The Morgan fingerprint density at radius 3 is 3.09 bits per heavy atom. The molecule has 2 aromatic heterocycles. The van der Waals surface area contributed by atoms with Crippen LogP contribution in [-0.2, 0) is 0 Å². The largest absolute Gasteiger partial charge is 0.361 e. The normalized spacial score (nSPS) is 18.7. The standard InChI is InChI=1S/C16H17N5O/c22-16(12-4-5-13-11(9-12)6-7-17-13)21-8-2-1-3-14(21)15-18-10-19-20-15/h4-7,9-10,14,17H,1-3,8H2,(H,18,19,20)/t14-/m0/s1. The summed E-state index contributed by atoms with van der Waals surface area (Å²) >= 11 is 0. The van der Waals surface area contributed by atoms with E-state index in [1.165, 1.54) is 6.33 Å². The average molecular weight is 295 g/mol. The number of rotatable bonds is 2. The number of fused-ring (bicyclic) bond motifs is 1. The zero-order valence-electron chi connectivity index (χ0n) is 12.1. The molecule has 1 aliphatic rings. The minimum atomic E-state index is -0.00864. The summed E-state index contributed by atoms with van der Waals surface area (Å²) in [6.45, 7) is 0.759. The molecule has 22 heavy (non-hydrogen) atoms. The number of piperidine rings is 1. The number of hydrogen-bond donors (Lipinski definition) is 2. The van der Waals surface area contributed by atoms with Crippen LogP contribution in [0.2, 0.25) is 0 Å². The third-order valence-electron chi connectivity index (χ3n) is 4.31. The van der Waals surface area contributed by atoms with E-state index >= 15 is 0 Å². The molecule has 0 bridgehead atoms. The van der Waals surface area contributed by atoms with E-state index in [0.717, 1.165) is 48.1 Å². The van der Waals surface area contributed by atoms with Gasteiger partial charge < -0.3 is 9.88 Å². The summed E-state index contributed by atoms with van der Waals surface area (Å²) in [5, 5.41) is 7.88. The van der Waals surface area contributed by atoms with Crippen molar-refractivity contribution in [1.29, 1.82) is 0 Å². The Morgan fingerprint density at radius 1 is 1.27 bits per heavy atom. The van der Waals surface area contributed by atoms with Crippen LogP contribution in [-0.4, -0.2) is 37.5 Å². The topological polar surface area (TPSA) is 77.7 Å². The Kier molecular flexibility index (Phi) is 3.14. The first kappa shape index (κ1) is 13.1. The van der Waals surface area contributed by atoms with Crippen LogP contribution in [0.15, 0.2) is 36.8 Å². The van der Waals surface area contributed by atoms with Crippen molar-refractivity contribution in [1.82, 2.24) is 25.1 Å². The lowest BCUT2D eigenvalue weighted by Gasteiger charge is -2.34. The SMILES string of the molecule is O=C(c1ccc2[nH]ccc2c1)N1CCCC[C@H]1c1ncn[nH]1. The van der Waals surface area contributed by atoms with Gasteiger partial charge in [-0.15, -0.1) is 0 Å². The number of nitrogens with zero attached hydrogens (tertiary/aromatic N) is 3. The molecule has 0 spiro atoms. The van der Waals surface area contributed by atoms with Crippen molar-refractivity contribution in [3.8, 4) is 0 Å². The summed E-state index contributed by atoms with van der Waals surface area (Å²) in [6.07, 6.45) is 6.44. The maximum absolute atomic E-state index is 12.9. The van der Waals surface area contributed by atoms with E-state index in [0.29, 0.717) is 0 Å². The number of likely N-dealkylation sites (tertiary alicyclic amines) is 1. The predicted octanol–water partition coefficient (Wildman–Crippen LogP) is 2.65. The summed E-state index contributed by atoms with van der Waals surface area (Å²) in [6, 6.07) is 7.75. The van der Waals surface area contributed by atoms with Gasteiger partial charge in [-0.1, -0.05) is 0 Å². The molecule has 0 aliphatic carbocycles. The highest BCUT2D eigenvalue weighted by Gasteiger charge is 2.30. The van der Waals surface area contributed by atoms with Crippen molar-refractivity contribution >= 4 is 16.8 Å². The van der Waals surface area contributed by atoms with Gasteiger partial charge in [-0.2, -0.15) is 5.10 Å². The van der Waals surface area contributed by atoms with Crippen LogP contribution in [0.1, 0.15) is 41.5 Å². The monoisotopic (exact) mass is 295 g/mol. The Morgan fingerprint density at radius 2 is 2.23 bits per heavy atom. The van der Waals surface area contributed by atoms with Gasteiger partial charge in [0.05, 0.1) is 6.04 Å². The molecule has 0 unspecified atom stereocenters. The Balaban J connectivity index is 1.67. The van der Waals surface area contributed by atoms with Gasteiger partial charge >= 0.3 is 0 Å². The number of carbonyl (C=O) groups is 1. The van der Waals surface area contributed by atoms with E-state index in [1.54, 1.807) is 0 Å². The van der Waals surface area contributed by atoms with Crippen molar-refractivity contribution < 1.29 is 4.79 Å². The lowest BCUT2D eigenvalue weighted by atomic mass is 10.00. The second-order valence-electron chi connectivity index (χ2n) is 5.66. The van der Waals surface area contributed by atoms with Gasteiger partial charge in [-0.25, -0.2) is 4.98 Å². The van der Waals surface area contributed by atoms with Crippen LogP contribution in [0.25, 0.3) is 10.9 Å². The van der Waals surface area contributed by atoms with Gasteiger partial charge in [0, 0.05) is 29.2 Å². The number of aromatic nitrogens is 4. The average Bonchev–Trinajstić information content (AvgIpc) is 3.24. The van der Waals surface area contributed by atoms with Crippen LogP contribution in [0, 0.1) is 0 Å². The van der Waals surface area contributed by atoms with Gasteiger partial charge in [0.25, 0.3) is 5.91 Å². The molecule has 1 saturated heterocycles. The van der Waals surface area contributed by atoms with Crippen molar-refractivity contribution in [2.24, 2.45) is 0 Å². The summed E-state index contributed by atoms with van der Waals surface area (Å²) in [7, 11) is 0. The number of carbonyl (C=O) groups excluding carboxylic acids is 1. The third-order valence-corrected chi connectivity index (χ3v) is 4.31. The highest BCUT2D eigenvalue weighted by atomic mass is 16.2. The van der Waals surface area contributed by atoms with Crippen LogP contribution >= 0.6 is 0 Å². The molecule has 3 aromatic rings. The molecule has 2 N–H and O–H groups in total. The zero-order valence-corrected chi connectivity index (χ0v) is 12.1. The summed E-state index contributed by atoms with van der Waals surface area (Å²) < 4.78 is 0. The number of amides is 1.